The zero-order chi connectivity index (χ0) is 20.1. The Labute approximate surface area is 165 Å². The molecule has 0 radical (unpaired) electrons. The first-order chi connectivity index (χ1) is 13.4. The molecule has 2 heterocycles. The Bertz CT molecular complexity index is 796. The van der Waals surface area contributed by atoms with Gasteiger partial charge in [0, 0.05) is 25.3 Å². The van der Waals surface area contributed by atoms with Crippen LogP contribution in [0.1, 0.15) is 32.6 Å². The fourth-order valence-electron chi connectivity index (χ4n) is 3.75. The summed E-state index contributed by atoms with van der Waals surface area (Å²) in [6, 6.07) is 3.84. The minimum atomic E-state index is -3.47. The summed E-state index contributed by atoms with van der Waals surface area (Å²) in [5.41, 5.74) is 0.809. The van der Waals surface area contributed by atoms with Crippen LogP contribution in [0.3, 0.4) is 0 Å². The number of anilines is 2. The second-order valence-corrected chi connectivity index (χ2v) is 9.23. The first-order valence-corrected chi connectivity index (χ1v) is 11.5. The lowest BCUT2D eigenvalue weighted by atomic mass is 10.0. The van der Waals surface area contributed by atoms with E-state index in [0.717, 1.165) is 12.8 Å². The Kier molecular flexibility index (Phi) is 6.90. The number of halogens is 1. The van der Waals surface area contributed by atoms with Gasteiger partial charge in [-0.05, 0) is 37.5 Å². The number of hydrogen-bond acceptors (Lipinski definition) is 5. The van der Waals surface area contributed by atoms with Crippen molar-refractivity contribution in [2.45, 2.75) is 38.6 Å². The van der Waals surface area contributed by atoms with E-state index in [1.165, 1.54) is 10.4 Å². The van der Waals surface area contributed by atoms with Crippen molar-refractivity contribution in [2.24, 2.45) is 0 Å². The highest BCUT2D eigenvalue weighted by Crippen LogP contribution is 2.26. The van der Waals surface area contributed by atoms with Crippen LogP contribution in [-0.2, 0) is 19.6 Å². The molecular formula is C19H28FN3O4S. The average Bonchev–Trinajstić information content (AvgIpc) is 2.69. The third kappa shape index (κ3) is 4.82. The Morgan fingerprint density at radius 1 is 1.25 bits per heavy atom. The highest BCUT2D eigenvalue weighted by Gasteiger charge is 2.36. The zero-order valence-corrected chi connectivity index (χ0v) is 17.0. The molecule has 0 aromatic heterocycles. The number of piperidine rings is 1. The van der Waals surface area contributed by atoms with E-state index in [2.05, 4.69) is 5.32 Å². The van der Waals surface area contributed by atoms with E-state index in [0.29, 0.717) is 57.1 Å². The van der Waals surface area contributed by atoms with Gasteiger partial charge in [0.05, 0.1) is 24.7 Å². The maximum atomic E-state index is 14.6. The molecule has 9 heteroatoms. The van der Waals surface area contributed by atoms with Crippen LogP contribution < -0.4 is 10.2 Å². The highest BCUT2D eigenvalue weighted by molar-refractivity contribution is 7.89. The smallest absolute Gasteiger partial charge is 0.242 e. The van der Waals surface area contributed by atoms with Gasteiger partial charge in [-0.1, -0.05) is 13.3 Å². The molecule has 0 bridgehead atoms. The maximum Gasteiger partial charge on any atom is 0.242 e. The van der Waals surface area contributed by atoms with Crippen molar-refractivity contribution in [3.63, 3.8) is 0 Å². The average molecular weight is 414 g/mol. The molecule has 156 valence electrons. The first kappa shape index (κ1) is 21.0. The lowest BCUT2D eigenvalue weighted by Gasteiger charge is -2.33. The van der Waals surface area contributed by atoms with Crippen molar-refractivity contribution >= 4 is 27.3 Å². The molecule has 1 unspecified atom stereocenters. The number of benzene rings is 1. The third-order valence-electron chi connectivity index (χ3n) is 5.14. The predicted octanol–water partition coefficient (Wildman–Crippen LogP) is 2.20. The van der Waals surface area contributed by atoms with Crippen LogP contribution >= 0.6 is 0 Å². The van der Waals surface area contributed by atoms with Crippen molar-refractivity contribution in [1.82, 2.24) is 4.31 Å². The van der Waals surface area contributed by atoms with Crippen LogP contribution in [0.4, 0.5) is 15.8 Å². The van der Waals surface area contributed by atoms with Gasteiger partial charge in [0.2, 0.25) is 15.9 Å². The van der Waals surface area contributed by atoms with E-state index in [4.69, 9.17) is 4.74 Å². The second-order valence-electron chi connectivity index (χ2n) is 7.19. The summed E-state index contributed by atoms with van der Waals surface area (Å²) in [4.78, 5) is 14.7. The standard InChI is InChI=1S/C19H28FN3O4S/c1-2-13-28(25,26)23-8-4-3-5-18(23)19(24)21-15-6-7-17(16(20)14-15)22-9-11-27-12-10-22/h6-7,14,18H,2-5,8-13H2,1H3,(H,21,24). The summed E-state index contributed by atoms with van der Waals surface area (Å²) in [6.07, 6.45) is 2.51. The number of nitrogens with one attached hydrogen (secondary N) is 1. The van der Waals surface area contributed by atoms with Gasteiger partial charge in [-0.2, -0.15) is 4.31 Å². The number of carbonyl (C=O) groups excluding carboxylic acids is 1. The van der Waals surface area contributed by atoms with Crippen molar-refractivity contribution in [3.8, 4) is 0 Å². The molecule has 1 aromatic carbocycles. The number of nitrogens with zero attached hydrogens (tertiary/aromatic N) is 2. The topological polar surface area (TPSA) is 79.0 Å². The van der Waals surface area contributed by atoms with Crippen LogP contribution in [0.25, 0.3) is 0 Å². The van der Waals surface area contributed by atoms with Crippen LogP contribution in [0, 0.1) is 5.82 Å². The quantitative estimate of drug-likeness (QED) is 0.774. The summed E-state index contributed by atoms with van der Waals surface area (Å²) in [6.45, 7) is 4.51. The normalized spacial score (nSPS) is 21.5. The molecule has 1 amide bonds. The van der Waals surface area contributed by atoms with Gasteiger partial charge in [0.15, 0.2) is 0 Å². The number of carbonyl (C=O) groups is 1. The maximum absolute atomic E-state index is 14.6. The van der Waals surface area contributed by atoms with Crippen LogP contribution in [0.15, 0.2) is 18.2 Å². The van der Waals surface area contributed by atoms with E-state index in [9.17, 15) is 17.6 Å². The Hall–Kier alpha value is -1.71. The second kappa shape index (κ2) is 9.19. The molecule has 2 fully saturated rings. The molecular weight excluding hydrogens is 385 g/mol. The van der Waals surface area contributed by atoms with Gasteiger partial charge in [-0.3, -0.25) is 4.79 Å². The monoisotopic (exact) mass is 413 g/mol. The lowest BCUT2D eigenvalue weighted by molar-refractivity contribution is -0.120. The minimum Gasteiger partial charge on any atom is -0.378 e. The van der Waals surface area contributed by atoms with Gasteiger partial charge in [-0.15, -0.1) is 0 Å². The molecule has 2 saturated heterocycles. The fourth-order valence-corrected chi connectivity index (χ4v) is 5.49. The number of sulfonamides is 1. The molecule has 0 spiro atoms. The SMILES string of the molecule is CCCS(=O)(=O)N1CCCCC1C(=O)Nc1ccc(N2CCOCC2)c(F)c1. The third-order valence-corrected chi connectivity index (χ3v) is 7.22. The summed E-state index contributed by atoms with van der Waals surface area (Å²) < 4.78 is 46.1. The summed E-state index contributed by atoms with van der Waals surface area (Å²) in [5, 5.41) is 2.70. The number of amides is 1. The Morgan fingerprint density at radius 3 is 2.68 bits per heavy atom. The number of morpholine rings is 1. The predicted molar refractivity (Wildman–Crippen MR) is 106 cm³/mol. The lowest BCUT2D eigenvalue weighted by Crippen LogP contribution is -2.50. The zero-order valence-electron chi connectivity index (χ0n) is 16.2. The van der Waals surface area contributed by atoms with Crippen LogP contribution in [-0.4, -0.2) is 63.3 Å². The van der Waals surface area contributed by atoms with Crippen LogP contribution in [0.5, 0.6) is 0 Å². The van der Waals surface area contributed by atoms with E-state index >= 15 is 0 Å². The summed E-state index contributed by atoms with van der Waals surface area (Å²) in [7, 11) is -3.47. The molecule has 28 heavy (non-hydrogen) atoms. The molecule has 2 aliphatic rings. The van der Waals surface area contributed by atoms with Crippen molar-refractivity contribution in [2.75, 3.05) is 48.8 Å². The van der Waals surface area contributed by atoms with Gasteiger partial charge < -0.3 is 15.0 Å². The van der Waals surface area contributed by atoms with Gasteiger partial charge in [0.1, 0.15) is 11.9 Å². The van der Waals surface area contributed by atoms with Gasteiger partial charge in [0.25, 0.3) is 0 Å². The number of hydrogen-bond donors (Lipinski definition) is 1. The Balaban J connectivity index is 1.71. The van der Waals surface area contributed by atoms with Crippen molar-refractivity contribution < 1.29 is 22.3 Å². The molecule has 1 N–H and O–H groups in total. The Morgan fingerprint density at radius 2 is 2.00 bits per heavy atom. The number of rotatable bonds is 6. The van der Waals surface area contributed by atoms with Crippen molar-refractivity contribution in [1.29, 1.82) is 0 Å². The van der Waals surface area contributed by atoms with E-state index < -0.39 is 27.8 Å². The molecule has 3 rings (SSSR count). The minimum absolute atomic E-state index is 0.0274. The summed E-state index contributed by atoms with van der Waals surface area (Å²) >= 11 is 0. The van der Waals surface area contributed by atoms with E-state index in [1.54, 1.807) is 19.1 Å². The van der Waals surface area contributed by atoms with E-state index in [-0.39, 0.29) is 5.75 Å². The molecule has 0 aliphatic carbocycles. The first-order valence-electron chi connectivity index (χ1n) is 9.85. The fraction of sp³-hybridized carbons (Fsp3) is 0.632. The van der Waals surface area contributed by atoms with Crippen LogP contribution in [0.2, 0.25) is 0 Å². The van der Waals surface area contributed by atoms with Gasteiger partial charge >= 0.3 is 0 Å². The molecule has 2 aliphatic heterocycles. The number of ether oxygens (including phenoxy) is 1. The molecule has 7 nitrogen and oxygen atoms in total. The molecule has 0 saturated carbocycles. The summed E-state index contributed by atoms with van der Waals surface area (Å²) in [5.74, 6) is -0.795. The van der Waals surface area contributed by atoms with E-state index in [1.807, 2.05) is 4.90 Å². The van der Waals surface area contributed by atoms with Crippen molar-refractivity contribution in [3.05, 3.63) is 24.0 Å². The molecule has 1 aromatic rings. The largest absolute Gasteiger partial charge is 0.378 e. The van der Waals surface area contributed by atoms with Gasteiger partial charge in [-0.25, -0.2) is 12.8 Å². The highest BCUT2D eigenvalue weighted by atomic mass is 32.2. The molecule has 1 atom stereocenters.